The molecule has 0 saturated heterocycles. The minimum absolute atomic E-state index is 0.420. The molecule has 4 nitrogen and oxygen atoms in total. The van der Waals surface area contributed by atoms with E-state index >= 15 is 0 Å². The molecule has 72 valence electrons. The Balaban J connectivity index is 2.59. The van der Waals surface area contributed by atoms with E-state index in [0.29, 0.717) is 9.13 Å². The van der Waals surface area contributed by atoms with E-state index in [0.717, 1.165) is 0 Å². The number of fused-ring (bicyclic) bond motifs is 1. The van der Waals surface area contributed by atoms with Gasteiger partial charge in [0.25, 0.3) is 0 Å². The minimum atomic E-state index is -3.83. The van der Waals surface area contributed by atoms with Crippen molar-refractivity contribution < 1.29 is 34.0 Å². The first-order valence-electron chi connectivity index (χ1n) is 3.56. The van der Waals surface area contributed by atoms with Crippen LogP contribution in [0.3, 0.4) is 0 Å². The van der Waals surface area contributed by atoms with Crippen LogP contribution in [0.4, 0.5) is 0 Å². The van der Waals surface area contributed by atoms with Gasteiger partial charge in [-0.1, -0.05) is 0 Å². The topological polar surface area (TPSA) is 55.8 Å². The van der Waals surface area contributed by atoms with E-state index in [-0.39, 0.29) is 0 Å². The zero-order valence-corrected chi connectivity index (χ0v) is 9.02. The average Bonchev–Trinajstić information content (AvgIpc) is 2.42. The molecule has 0 saturated carbocycles. The summed E-state index contributed by atoms with van der Waals surface area (Å²) >= 11 is -3.83. The molecule has 0 aromatic heterocycles. The van der Waals surface area contributed by atoms with Gasteiger partial charge in [-0.3, -0.25) is 0 Å². The van der Waals surface area contributed by atoms with Crippen molar-refractivity contribution in [2.24, 2.45) is 0 Å². The van der Waals surface area contributed by atoms with Crippen LogP contribution in [-0.4, -0.2) is 16.5 Å². The quantitative estimate of drug-likeness (QED) is 0.586. The van der Waals surface area contributed by atoms with Crippen LogP contribution in [0.5, 0.6) is 0 Å². The summed E-state index contributed by atoms with van der Waals surface area (Å²) in [4.78, 5) is 11.2. The van der Waals surface area contributed by atoms with Crippen molar-refractivity contribution >= 4 is 5.97 Å². The van der Waals surface area contributed by atoms with Gasteiger partial charge in [0.2, 0.25) is 0 Å². The van der Waals surface area contributed by atoms with E-state index in [1.165, 1.54) is 7.11 Å². The summed E-state index contributed by atoms with van der Waals surface area (Å²) in [5, 5.41) is 0. The number of carbonyl (C=O) groups is 1. The standard InChI is InChI=1S/C8H8IO4/c1-12-9(11)7-5-3-2-4-6(7)8(10)13-9/h2-5,11H,1H3/q-1. The fourth-order valence-corrected chi connectivity index (χ4v) is 4.59. The van der Waals surface area contributed by atoms with Crippen LogP contribution in [0.25, 0.3) is 0 Å². The summed E-state index contributed by atoms with van der Waals surface area (Å²) in [5.41, 5.74) is 0.420. The second-order valence-corrected chi connectivity index (χ2v) is 7.43. The summed E-state index contributed by atoms with van der Waals surface area (Å²) in [6.45, 7) is 0. The van der Waals surface area contributed by atoms with Gasteiger partial charge in [-0.05, 0) is 0 Å². The molecule has 1 aromatic rings. The van der Waals surface area contributed by atoms with E-state index in [1.54, 1.807) is 24.3 Å². The Bertz CT molecular complexity index is 365. The molecule has 0 bridgehead atoms. The summed E-state index contributed by atoms with van der Waals surface area (Å²) in [7, 11) is 1.35. The van der Waals surface area contributed by atoms with Gasteiger partial charge < -0.3 is 0 Å². The third-order valence-corrected chi connectivity index (χ3v) is 6.34. The molecule has 1 aromatic carbocycles. The molecule has 0 fully saturated rings. The van der Waals surface area contributed by atoms with Gasteiger partial charge in [0.05, 0.1) is 0 Å². The molecule has 0 spiro atoms. The number of rotatable bonds is 1. The van der Waals surface area contributed by atoms with Crippen molar-refractivity contribution in [3.05, 3.63) is 33.4 Å². The molecular weight excluding hydrogens is 287 g/mol. The van der Waals surface area contributed by atoms with E-state index in [1.807, 2.05) is 0 Å². The van der Waals surface area contributed by atoms with Crippen molar-refractivity contribution in [3.8, 4) is 0 Å². The van der Waals surface area contributed by atoms with Gasteiger partial charge in [0.1, 0.15) is 0 Å². The van der Waals surface area contributed by atoms with E-state index in [2.05, 4.69) is 0 Å². The van der Waals surface area contributed by atoms with Gasteiger partial charge in [0, 0.05) is 0 Å². The number of carbonyl (C=O) groups excluding carboxylic acids is 1. The van der Waals surface area contributed by atoms with E-state index in [4.69, 9.17) is 6.13 Å². The summed E-state index contributed by atoms with van der Waals surface area (Å²) in [5.74, 6) is -0.489. The normalized spacial score (nSPS) is 30.5. The van der Waals surface area contributed by atoms with Gasteiger partial charge in [-0.2, -0.15) is 0 Å². The first-order chi connectivity index (χ1) is 6.17. The molecule has 1 aliphatic heterocycles. The van der Waals surface area contributed by atoms with Gasteiger partial charge in [-0.25, -0.2) is 0 Å². The Hall–Kier alpha value is -0.660. The van der Waals surface area contributed by atoms with Gasteiger partial charge >= 0.3 is 80.5 Å². The molecule has 13 heavy (non-hydrogen) atoms. The van der Waals surface area contributed by atoms with Crippen LogP contribution < -0.4 is 19.7 Å². The molecule has 1 unspecified atom stereocenters. The Morgan fingerprint density at radius 2 is 2.15 bits per heavy atom. The molecule has 0 aliphatic carbocycles. The maximum absolute atomic E-state index is 11.2. The zero-order valence-electron chi connectivity index (χ0n) is 6.86. The Morgan fingerprint density at radius 1 is 1.46 bits per heavy atom. The third kappa shape index (κ3) is 1.23. The summed E-state index contributed by atoms with van der Waals surface area (Å²) < 4.78 is 20.1. The number of hydrogen-bond donors (Lipinski definition) is 1. The zero-order chi connectivity index (χ0) is 9.47. The first kappa shape index (κ1) is 8.92. The van der Waals surface area contributed by atoms with E-state index < -0.39 is 25.6 Å². The first-order valence-corrected chi connectivity index (χ1v) is 7.37. The maximum atomic E-state index is 11.2. The van der Waals surface area contributed by atoms with Gasteiger partial charge in [0.15, 0.2) is 0 Å². The molecule has 1 heterocycles. The van der Waals surface area contributed by atoms with Crippen molar-refractivity contribution in [1.29, 1.82) is 0 Å². The predicted molar refractivity (Wildman–Crippen MR) is 39.8 cm³/mol. The fraction of sp³-hybridized carbons (Fsp3) is 0.125. The fourth-order valence-electron chi connectivity index (χ4n) is 1.13. The van der Waals surface area contributed by atoms with Crippen molar-refractivity contribution in [3.63, 3.8) is 0 Å². The third-order valence-electron chi connectivity index (χ3n) is 1.73. The summed E-state index contributed by atoms with van der Waals surface area (Å²) in [6.07, 6.45) is 0. The van der Waals surface area contributed by atoms with Crippen molar-refractivity contribution in [2.75, 3.05) is 7.11 Å². The molecular formula is C8H8IO4-. The second kappa shape index (κ2) is 2.93. The molecule has 1 aliphatic rings. The van der Waals surface area contributed by atoms with Crippen molar-refractivity contribution in [2.45, 2.75) is 0 Å². The second-order valence-electron chi connectivity index (χ2n) is 2.44. The molecule has 1 atom stereocenters. The van der Waals surface area contributed by atoms with Crippen LogP contribution in [0.1, 0.15) is 10.4 Å². The Kier molecular flexibility index (Phi) is 2.01. The molecule has 2 rings (SSSR count). The van der Waals surface area contributed by atoms with Crippen LogP contribution in [0.15, 0.2) is 24.3 Å². The van der Waals surface area contributed by atoms with Crippen LogP contribution in [0.2, 0.25) is 0 Å². The van der Waals surface area contributed by atoms with Gasteiger partial charge in [-0.15, -0.1) is 0 Å². The summed E-state index contributed by atoms with van der Waals surface area (Å²) in [6, 6.07) is 6.76. The molecule has 5 heteroatoms. The van der Waals surface area contributed by atoms with Crippen molar-refractivity contribution in [1.82, 2.24) is 0 Å². The Labute approximate surface area is 80.6 Å². The predicted octanol–water partition coefficient (Wildman–Crippen LogP) is -2.43. The van der Waals surface area contributed by atoms with E-state index in [9.17, 15) is 8.23 Å². The monoisotopic (exact) mass is 295 g/mol. The SMILES string of the molecule is CO[I-]1(O)OC(=O)c2ccccc21. The average molecular weight is 295 g/mol. The van der Waals surface area contributed by atoms with Crippen LogP contribution in [0, 0.1) is 3.57 Å². The van der Waals surface area contributed by atoms with Crippen LogP contribution in [-0.2, 0) is 6.13 Å². The molecule has 0 radical (unpaired) electrons. The van der Waals surface area contributed by atoms with Crippen LogP contribution >= 0.6 is 0 Å². The number of benzene rings is 1. The molecule has 1 N–H and O–H groups in total. The number of halogens is 1. The Morgan fingerprint density at radius 3 is 2.85 bits per heavy atom. The number of hydrogen-bond acceptors (Lipinski definition) is 4. The molecule has 0 amide bonds.